The summed E-state index contributed by atoms with van der Waals surface area (Å²) in [4.78, 5) is 11.2. The molecule has 1 amide bonds. The van der Waals surface area contributed by atoms with Crippen molar-refractivity contribution in [3.05, 3.63) is 0 Å². The van der Waals surface area contributed by atoms with Crippen LogP contribution in [0.4, 0.5) is 0 Å². The number of nitrogens with one attached hydrogen (secondary N) is 1. The summed E-state index contributed by atoms with van der Waals surface area (Å²) in [6.07, 6.45) is 4.14. The summed E-state index contributed by atoms with van der Waals surface area (Å²) < 4.78 is 0.432. The van der Waals surface area contributed by atoms with Crippen molar-refractivity contribution < 1.29 is 4.79 Å². The van der Waals surface area contributed by atoms with Gasteiger partial charge in [-0.1, -0.05) is 6.42 Å². The lowest BCUT2D eigenvalue weighted by atomic mass is 10.1. The van der Waals surface area contributed by atoms with E-state index in [1.54, 1.807) is 0 Å². The Morgan fingerprint density at radius 3 is 2.60 bits per heavy atom. The third-order valence-electron chi connectivity index (χ3n) is 2.56. The molecule has 0 unspecified atom stereocenters. The third kappa shape index (κ3) is 5.16. The summed E-state index contributed by atoms with van der Waals surface area (Å²) in [5, 5.41) is 2.83. The van der Waals surface area contributed by atoms with E-state index in [1.807, 2.05) is 6.92 Å². The molecule has 1 heterocycles. The second kappa shape index (κ2) is 6.69. The average Bonchev–Trinajstić information content (AvgIpc) is 2.61. The Morgan fingerprint density at radius 2 is 2.00 bits per heavy atom. The van der Waals surface area contributed by atoms with E-state index in [0.29, 0.717) is 10.5 Å². The zero-order valence-corrected chi connectivity index (χ0v) is 11.3. The number of rotatable bonds is 6. The van der Waals surface area contributed by atoms with Gasteiger partial charge in [0.1, 0.15) is 0 Å². The van der Waals surface area contributed by atoms with Gasteiger partial charge in [-0.3, -0.25) is 4.79 Å². The van der Waals surface area contributed by atoms with Gasteiger partial charge in [-0.15, -0.1) is 23.5 Å². The molecule has 1 N–H and O–H groups in total. The summed E-state index contributed by atoms with van der Waals surface area (Å²) in [6, 6.07) is 0. The predicted octanol–water partition coefficient (Wildman–Crippen LogP) is 2.88. The maximum Gasteiger partial charge on any atom is 0.219 e. The normalized spacial score (nSPS) is 19.1. The van der Waals surface area contributed by atoms with Gasteiger partial charge in [0, 0.05) is 24.5 Å². The topological polar surface area (TPSA) is 29.1 Å². The molecule has 0 atom stereocenters. The maximum atomic E-state index is 11.2. The Morgan fingerprint density at radius 1 is 1.33 bits per heavy atom. The molecule has 0 aromatic rings. The van der Waals surface area contributed by atoms with Crippen molar-refractivity contribution in [3.63, 3.8) is 0 Å². The molecule has 0 aromatic heterocycles. The Balaban J connectivity index is 2.03. The molecule has 1 aliphatic rings. The molecule has 0 bridgehead atoms. The van der Waals surface area contributed by atoms with E-state index in [-0.39, 0.29) is 5.91 Å². The monoisotopic (exact) mass is 247 g/mol. The predicted molar refractivity (Wildman–Crippen MR) is 70.5 cm³/mol. The summed E-state index contributed by atoms with van der Waals surface area (Å²) in [6.45, 7) is 5.05. The molecule has 0 radical (unpaired) electrons. The van der Waals surface area contributed by atoms with Crippen LogP contribution in [0.25, 0.3) is 0 Å². The molecule has 88 valence electrons. The lowest BCUT2D eigenvalue weighted by molar-refractivity contribution is -0.121. The van der Waals surface area contributed by atoms with E-state index in [0.717, 1.165) is 13.0 Å². The molecule has 1 rings (SSSR count). The molecule has 0 saturated carbocycles. The number of unbranched alkanes of at least 4 members (excludes halogenated alkanes) is 1. The lowest BCUT2D eigenvalue weighted by Crippen LogP contribution is -2.22. The van der Waals surface area contributed by atoms with Crippen LogP contribution in [0.15, 0.2) is 0 Å². The van der Waals surface area contributed by atoms with Crippen LogP contribution in [0.3, 0.4) is 0 Å². The van der Waals surface area contributed by atoms with Crippen molar-refractivity contribution in [3.8, 4) is 0 Å². The van der Waals surface area contributed by atoms with Gasteiger partial charge in [0.2, 0.25) is 5.91 Å². The number of carbonyl (C=O) groups is 1. The number of hydrogen-bond acceptors (Lipinski definition) is 3. The zero-order chi connectivity index (χ0) is 11.1. The molecular formula is C11H21NOS2. The SMILES string of the molecule is CCNC(=O)CCCCC1(C)SCCS1. The van der Waals surface area contributed by atoms with Gasteiger partial charge >= 0.3 is 0 Å². The van der Waals surface area contributed by atoms with Crippen molar-refractivity contribution in [1.82, 2.24) is 5.32 Å². The van der Waals surface area contributed by atoms with Crippen molar-refractivity contribution in [2.45, 2.75) is 43.6 Å². The van der Waals surface area contributed by atoms with Crippen LogP contribution in [0.1, 0.15) is 39.5 Å². The minimum Gasteiger partial charge on any atom is -0.356 e. The van der Waals surface area contributed by atoms with Crippen LogP contribution in [0, 0.1) is 0 Å². The van der Waals surface area contributed by atoms with Crippen LogP contribution < -0.4 is 5.32 Å². The molecule has 4 heteroatoms. The minimum absolute atomic E-state index is 0.203. The summed E-state index contributed by atoms with van der Waals surface area (Å²) in [5.74, 6) is 2.78. The fraction of sp³-hybridized carbons (Fsp3) is 0.909. The zero-order valence-electron chi connectivity index (χ0n) is 9.67. The number of amides is 1. The van der Waals surface area contributed by atoms with E-state index in [9.17, 15) is 4.79 Å². The molecule has 1 fully saturated rings. The van der Waals surface area contributed by atoms with Crippen molar-refractivity contribution in [2.24, 2.45) is 0 Å². The average molecular weight is 247 g/mol. The minimum atomic E-state index is 0.203. The quantitative estimate of drug-likeness (QED) is 0.732. The Bertz CT molecular complexity index is 203. The third-order valence-corrected chi connectivity index (χ3v) is 5.97. The highest BCUT2D eigenvalue weighted by molar-refractivity contribution is 8.21. The molecule has 0 aliphatic carbocycles. The van der Waals surface area contributed by atoms with Gasteiger partial charge in [-0.2, -0.15) is 0 Å². The molecule has 1 saturated heterocycles. The van der Waals surface area contributed by atoms with Gasteiger partial charge in [-0.25, -0.2) is 0 Å². The highest BCUT2D eigenvalue weighted by atomic mass is 32.2. The molecule has 1 aliphatic heterocycles. The largest absolute Gasteiger partial charge is 0.356 e. The van der Waals surface area contributed by atoms with Crippen LogP contribution in [-0.2, 0) is 4.79 Å². The molecular weight excluding hydrogens is 226 g/mol. The van der Waals surface area contributed by atoms with Gasteiger partial charge in [0.05, 0.1) is 4.08 Å². The number of hydrogen-bond donors (Lipinski definition) is 1. The Hall–Kier alpha value is 0.170. The van der Waals surface area contributed by atoms with Gasteiger partial charge in [-0.05, 0) is 26.7 Å². The van der Waals surface area contributed by atoms with E-state index in [2.05, 4.69) is 35.8 Å². The first-order valence-electron chi connectivity index (χ1n) is 5.71. The number of carbonyl (C=O) groups excluding carboxylic acids is 1. The van der Waals surface area contributed by atoms with E-state index < -0.39 is 0 Å². The van der Waals surface area contributed by atoms with Crippen molar-refractivity contribution in [1.29, 1.82) is 0 Å². The summed E-state index contributed by atoms with van der Waals surface area (Å²) in [5.41, 5.74) is 0. The highest BCUT2D eigenvalue weighted by Crippen LogP contribution is 2.46. The second-order valence-corrected chi connectivity index (χ2v) is 7.45. The summed E-state index contributed by atoms with van der Waals surface area (Å²) in [7, 11) is 0. The fourth-order valence-corrected chi connectivity index (χ4v) is 4.66. The molecule has 0 spiro atoms. The van der Waals surface area contributed by atoms with Crippen LogP contribution in [0.2, 0.25) is 0 Å². The molecule has 15 heavy (non-hydrogen) atoms. The van der Waals surface area contributed by atoms with Gasteiger partial charge in [0.25, 0.3) is 0 Å². The first kappa shape index (κ1) is 13.2. The van der Waals surface area contributed by atoms with Gasteiger partial charge < -0.3 is 5.32 Å². The Labute approximate surface area is 101 Å². The lowest BCUT2D eigenvalue weighted by Gasteiger charge is -2.21. The standard InChI is InChI=1S/C11H21NOS2/c1-3-12-10(13)6-4-5-7-11(2)14-8-9-15-11/h3-9H2,1-2H3,(H,12,13). The first-order chi connectivity index (χ1) is 7.16. The first-order valence-corrected chi connectivity index (χ1v) is 7.68. The molecule has 2 nitrogen and oxygen atoms in total. The Kier molecular flexibility index (Phi) is 5.90. The van der Waals surface area contributed by atoms with Crippen LogP contribution in [-0.4, -0.2) is 28.0 Å². The van der Waals surface area contributed by atoms with Crippen molar-refractivity contribution >= 4 is 29.4 Å². The van der Waals surface area contributed by atoms with Crippen LogP contribution in [0.5, 0.6) is 0 Å². The van der Waals surface area contributed by atoms with E-state index in [4.69, 9.17) is 0 Å². The maximum absolute atomic E-state index is 11.2. The van der Waals surface area contributed by atoms with Gasteiger partial charge in [0.15, 0.2) is 0 Å². The molecule has 0 aromatic carbocycles. The highest BCUT2D eigenvalue weighted by Gasteiger charge is 2.29. The summed E-state index contributed by atoms with van der Waals surface area (Å²) >= 11 is 4.15. The second-order valence-electron chi connectivity index (χ2n) is 3.99. The van der Waals surface area contributed by atoms with E-state index in [1.165, 1.54) is 24.3 Å². The fourth-order valence-electron chi connectivity index (χ4n) is 1.72. The van der Waals surface area contributed by atoms with Crippen LogP contribution >= 0.6 is 23.5 Å². The smallest absolute Gasteiger partial charge is 0.219 e. The number of thioether (sulfide) groups is 2. The van der Waals surface area contributed by atoms with Crippen molar-refractivity contribution in [2.75, 3.05) is 18.1 Å². The van der Waals surface area contributed by atoms with E-state index >= 15 is 0 Å².